The zero-order valence-corrected chi connectivity index (χ0v) is 21.6. The van der Waals surface area contributed by atoms with Crippen molar-refractivity contribution in [2.24, 2.45) is 20.7 Å². The van der Waals surface area contributed by atoms with Crippen molar-refractivity contribution in [2.75, 3.05) is 20.1 Å². The number of amides is 1. The van der Waals surface area contributed by atoms with Crippen LogP contribution in [0.4, 0.5) is 0 Å². The number of nitrogens with zero attached hydrogens (tertiary/aromatic N) is 5. The van der Waals surface area contributed by atoms with Crippen molar-refractivity contribution in [3.05, 3.63) is 77.9 Å². The van der Waals surface area contributed by atoms with Gasteiger partial charge in [0.2, 0.25) is 0 Å². The van der Waals surface area contributed by atoms with Crippen LogP contribution in [0.25, 0.3) is 5.70 Å². The Morgan fingerprint density at radius 3 is 2.83 bits per heavy atom. The predicted molar refractivity (Wildman–Crippen MR) is 150 cm³/mol. The second-order valence-electron chi connectivity index (χ2n) is 8.98. The van der Waals surface area contributed by atoms with Crippen LogP contribution >= 0.6 is 0 Å². The van der Waals surface area contributed by atoms with Crippen LogP contribution in [-0.2, 0) is 0 Å². The predicted octanol–water partition coefficient (Wildman–Crippen LogP) is 4.23. The Bertz CT molecular complexity index is 1140. The molecule has 190 valence electrons. The van der Waals surface area contributed by atoms with Crippen LogP contribution in [0.15, 0.2) is 76.2 Å². The number of aryl methyl sites for hydroxylation is 1. The Morgan fingerprint density at radius 2 is 2.14 bits per heavy atom. The number of likely N-dealkylation sites (N-methyl/N-ethyl adjacent to an activating group) is 1. The minimum atomic E-state index is -0.260. The maximum absolute atomic E-state index is 12.8. The molecule has 2 aliphatic heterocycles. The number of carbonyl (C=O) groups excluding carboxylic acids is 1. The Kier molecular flexibility index (Phi) is 9.53. The highest BCUT2D eigenvalue weighted by molar-refractivity contribution is 6.10. The van der Waals surface area contributed by atoms with E-state index >= 15 is 0 Å². The number of nitrogens with one attached hydrogen (secondary N) is 1. The summed E-state index contributed by atoms with van der Waals surface area (Å²) < 4.78 is 0. The highest BCUT2D eigenvalue weighted by Crippen LogP contribution is 2.29. The summed E-state index contributed by atoms with van der Waals surface area (Å²) in [6.07, 6.45) is 13.4. The quantitative estimate of drug-likeness (QED) is 0.444. The molecule has 0 spiro atoms. The fourth-order valence-electron chi connectivity index (χ4n) is 4.58. The van der Waals surface area contributed by atoms with Gasteiger partial charge in [-0.3, -0.25) is 9.79 Å². The SMILES string of the molecule is C=CN=C(/C=C\C)NC(=O)c1ccc(/C(N=C)=C2\C(N)=NC=CN2CC2CCCCCN2C)c(C)c1. The fourth-order valence-corrected chi connectivity index (χ4v) is 4.58. The highest BCUT2D eigenvalue weighted by atomic mass is 16.1. The lowest BCUT2D eigenvalue weighted by molar-refractivity contribution is 0.0977. The molecule has 0 bridgehead atoms. The van der Waals surface area contributed by atoms with Crippen LogP contribution in [0.2, 0.25) is 0 Å². The van der Waals surface area contributed by atoms with Gasteiger partial charge in [0.15, 0.2) is 0 Å². The fraction of sp³-hybridized carbons (Fsp3) is 0.357. The molecule has 1 aromatic carbocycles. The lowest BCUT2D eigenvalue weighted by Crippen LogP contribution is -2.42. The molecular weight excluding hydrogens is 450 g/mol. The first-order valence-electron chi connectivity index (χ1n) is 12.3. The first kappa shape index (κ1) is 26.8. The van der Waals surface area contributed by atoms with E-state index in [1.807, 2.05) is 32.2 Å². The molecule has 1 atom stereocenters. The van der Waals surface area contributed by atoms with Gasteiger partial charge in [-0.05, 0) is 70.8 Å². The zero-order valence-electron chi connectivity index (χ0n) is 21.6. The number of carbonyl (C=O) groups is 1. The number of amidine groups is 2. The summed E-state index contributed by atoms with van der Waals surface area (Å²) in [4.78, 5) is 30.2. The van der Waals surface area contributed by atoms with Crippen LogP contribution in [0, 0.1) is 6.92 Å². The van der Waals surface area contributed by atoms with E-state index in [1.54, 1.807) is 24.4 Å². The van der Waals surface area contributed by atoms with E-state index in [0.717, 1.165) is 36.3 Å². The molecule has 1 saturated heterocycles. The number of likely N-dealkylation sites (tertiary alicyclic amines) is 1. The molecule has 1 fully saturated rings. The smallest absolute Gasteiger partial charge is 0.256 e. The monoisotopic (exact) mass is 487 g/mol. The standard InChI is InChI=1S/C28H37N7O/c1-6-11-24(31-7-2)33-28(36)21-13-14-23(20(3)18-21)25(30-4)26-27(29)32-15-17-35(26)19-22-12-9-8-10-16-34(22)5/h6-7,11,13-15,17-18,22H,2,4,8-10,12,16,19H2,1,3,5H3,(H2,29,32)(H,31,33,36)/b11-6-,26-25-. The Balaban J connectivity index is 1.94. The number of rotatable bonds is 7. The Hall–Kier alpha value is -3.78. The van der Waals surface area contributed by atoms with Gasteiger partial charge in [-0.15, -0.1) is 0 Å². The van der Waals surface area contributed by atoms with Crippen molar-refractivity contribution in [2.45, 2.75) is 45.6 Å². The van der Waals surface area contributed by atoms with Gasteiger partial charge < -0.3 is 20.9 Å². The Labute approximate surface area is 214 Å². The minimum absolute atomic E-state index is 0.260. The van der Waals surface area contributed by atoms with E-state index in [4.69, 9.17) is 5.73 Å². The zero-order chi connectivity index (χ0) is 26.1. The van der Waals surface area contributed by atoms with Gasteiger partial charge in [-0.1, -0.05) is 31.6 Å². The second kappa shape index (κ2) is 12.8. The number of hydrogen-bond acceptors (Lipinski definition) is 7. The maximum atomic E-state index is 12.8. The first-order valence-corrected chi connectivity index (χ1v) is 12.3. The van der Waals surface area contributed by atoms with E-state index in [1.165, 1.54) is 25.5 Å². The number of hydrogen-bond donors (Lipinski definition) is 2. The van der Waals surface area contributed by atoms with E-state index in [0.29, 0.717) is 29.0 Å². The number of nitrogens with two attached hydrogens (primary N) is 1. The molecule has 36 heavy (non-hydrogen) atoms. The van der Waals surface area contributed by atoms with Crippen LogP contribution < -0.4 is 11.1 Å². The summed E-state index contributed by atoms with van der Waals surface area (Å²) in [6.45, 7) is 13.1. The first-order chi connectivity index (χ1) is 17.4. The van der Waals surface area contributed by atoms with Crippen LogP contribution in [-0.4, -0.2) is 60.3 Å². The molecule has 3 N–H and O–H groups in total. The second-order valence-corrected chi connectivity index (χ2v) is 8.98. The van der Waals surface area contributed by atoms with Crippen molar-refractivity contribution < 1.29 is 4.79 Å². The van der Waals surface area contributed by atoms with Crippen molar-refractivity contribution in [3.8, 4) is 0 Å². The summed E-state index contributed by atoms with van der Waals surface area (Å²) in [5.74, 6) is 0.560. The molecule has 2 aliphatic rings. The van der Waals surface area contributed by atoms with E-state index in [2.05, 4.69) is 50.4 Å². The minimum Gasteiger partial charge on any atom is -0.382 e. The molecule has 0 aromatic heterocycles. The maximum Gasteiger partial charge on any atom is 0.256 e. The van der Waals surface area contributed by atoms with Crippen LogP contribution in [0.5, 0.6) is 0 Å². The molecule has 8 heteroatoms. The highest BCUT2D eigenvalue weighted by Gasteiger charge is 2.26. The molecule has 1 aromatic rings. The van der Waals surface area contributed by atoms with Crippen molar-refractivity contribution >= 4 is 30.0 Å². The van der Waals surface area contributed by atoms with Gasteiger partial charge in [0.1, 0.15) is 17.4 Å². The van der Waals surface area contributed by atoms with Gasteiger partial charge in [-0.25, -0.2) is 9.98 Å². The molecular formula is C28H37N7O. The van der Waals surface area contributed by atoms with E-state index in [-0.39, 0.29) is 5.91 Å². The van der Waals surface area contributed by atoms with E-state index in [9.17, 15) is 4.79 Å². The number of allylic oxidation sites excluding steroid dienone is 1. The molecule has 3 rings (SSSR count). The molecule has 0 saturated carbocycles. The van der Waals surface area contributed by atoms with Crippen molar-refractivity contribution in [3.63, 3.8) is 0 Å². The van der Waals surface area contributed by atoms with Gasteiger partial charge in [0.05, 0.1) is 5.70 Å². The normalized spacial score (nSPS) is 20.6. The molecule has 1 amide bonds. The molecule has 2 heterocycles. The average molecular weight is 488 g/mol. The third-order valence-electron chi connectivity index (χ3n) is 6.49. The average Bonchev–Trinajstić information content (AvgIpc) is 3.06. The molecule has 8 nitrogen and oxygen atoms in total. The molecule has 0 aliphatic carbocycles. The number of benzene rings is 1. The lowest BCUT2D eigenvalue weighted by Gasteiger charge is -2.34. The lowest BCUT2D eigenvalue weighted by atomic mass is 9.99. The largest absolute Gasteiger partial charge is 0.382 e. The van der Waals surface area contributed by atoms with E-state index < -0.39 is 0 Å². The molecule has 0 radical (unpaired) electrons. The summed E-state index contributed by atoms with van der Waals surface area (Å²) >= 11 is 0. The van der Waals surface area contributed by atoms with Crippen molar-refractivity contribution in [1.29, 1.82) is 0 Å². The summed E-state index contributed by atoms with van der Waals surface area (Å²) in [7, 11) is 2.19. The summed E-state index contributed by atoms with van der Waals surface area (Å²) in [5, 5.41) is 2.80. The topological polar surface area (TPSA) is 98.7 Å². The van der Waals surface area contributed by atoms with Crippen molar-refractivity contribution in [1.82, 2.24) is 15.1 Å². The third kappa shape index (κ3) is 6.46. The van der Waals surface area contributed by atoms with Gasteiger partial charge in [0, 0.05) is 42.3 Å². The van der Waals surface area contributed by atoms with Crippen LogP contribution in [0.3, 0.4) is 0 Å². The number of aliphatic imine (C=N–C) groups is 3. The summed E-state index contributed by atoms with van der Waals surface area (Å²) in [6, 6.07) is 5.87. The summed E-state index contributed by atoms with van der Waals surface area (Å²) in [5.41, 5.74) is 10.0. The van der Waals surface area contributed by atoms with Gasteiger partial charge in [0.25, 0.3) is 5.91 Å². The van der Waals surface area contributed by atoms with Gasteiger partial charge in [-0.2, -0.15) is 0 Å². The molecule has 1 unspecified atom stereocenters. The van der Waals surface area contributed by atoms with Gasteiger partial charge >= 0.3 is 0 Å². The van der Waals surface area contributed by atoms with Crippen LogP contribution in [0.1, 0.15) is 54.1 Å². The Morgan fingerprint density at radius 1 is 1.33 bits per heavy atom. The third-order valence-corrected chi connectivity index (χ3v) is 6.49.